The van der Waals surface area contributed by atoms with Gasteiger partial charge in [0.25, 0.3) is 0 Å². The number of benzene rings is 2. The highest BCUT2D eigenvalue weighted by Crippen LogP contribution is 2.41. The molecular formula is C21H26N2O2. The highest BCUT2D eigenvalue weighted by molar-refractivity contribution is 5.36. The van der Waals surface area contributed by atoms with Crippen molar-refractivity contribution in [2.75, 3.05) is 14.1 Å². The molecule has 2 aliphatic heterocycles. The molecule has 0 amide bonds. The smallest absolute Gasteiger partial charge is 0.162 e. The van der Waals surface area contributed by atoms with E-state index in [4.69, 9.17) is 9.47 Å². The standard InChI is InChI=1S/C21H26N2O2/c1-21(2,19-22(3)13-15-9-5-7-11-17(15)24-19)20-23(4)14-16-10-6-8-12-18(16)25-20/h5-12,19-20H,13-14H2,1-4H3. The van der Waals surface area contributed by atoms with Gasteiger partial charge < -0.3 is 9.47 Å². The molecule has 0 spiro atoms. The Balaban J connectivity index is 1.63. The second kappa shape index (κ2) is 6.04. The van der Waals surface area contributed by atoms with Gasteiger partial charge in [0.15, 0.2) is 12.5 Å². The number of ether oxygens (including phenoxy) is 2. The molecular weight excluding hydrogens is 312 g/mol. The van der Waals surface area contributed by atoms with Crippen LogP contribution in [0.4, 0.5) is 0 Å². The molecule has 4 nitrogen and oxygen atoms in total. The Morgan fingerprint density at radius 1 is 0.760 bits per heavy atom. The van der Waals surface area contributed by atoms with Gasteiger partial charge in [-0.15, -0.1) is 0 Å². The van der Waals surface area contributed by atoms with E-state index in [1.54, 1.807) is 0 Å². The molecule has 0 aliphatic carbocycles. The molecule has 0 saturated heterocycles. The summed E-state index contributed by atoms with van der Waals surface area (Å²) in [6.07, 6.45) is -0.111. The first-order chi connectivity index (χ1) is 12.0. The van der Waals surface area contributed by atoms with Gasteiger partial charge in [0.2, 0.25) is 0 Å². The van der Waals surface area contributed by atoms with Crippen LogP contribution in [0.15, 0.2) is 48.5 Å². The zero-order chi connectivity index (χ0) is 17.6. The predicted molar refractivity (Wildman–Crippen MR) is 98.4 cm³/mol. The van der Waals surface area contributed by atoms with E-state index in [9.17, 15) is 0 Å². The SMILES string of the molecule is CN1Cc2ccccc2OC1C(C)(C)C1Oc2ccccc2CN1C. The van der Waals surface area contributed by atoms with Crippen molar-refractivity contribution >= 4 is 0 Å². The average molecular weight is 338 g/mol. The second-order valence-electron chi connectivity index (χ2n) is 7.81. The van der Waals surface area contributed by atoms with E-state index < -0.39 is 0 Å². The zero-order valence-electron chi connectivity index (χ0n) is 15.4. The van der Waals surface area contributed by atoms with E-state index in [0.717, 1.165) is 24.6 Å². The summed E-state index contributed by atoms with van der Waals surface area (Å²) in [6, 6.07) is 16.6. The van der Waals surface area contributed by atoms with Crippen LogP contribution in [0.25, 0.3) is 0 Å². The summed E-state index contributed by atoms with van der Waals surface area (Å²) < 4.78 is 12.8. The molecule has 0 bridgehead atoms. The lowest BCUT2D eigenvalue weighted by Gasteiger charge is -2.50. The Hall–Kier alpha value is -2.04. The topological polar surface area (TPSA) is 24.9 Å². The Morgan fingerprint density at radius 2 is 1.16 bits per heavy atom. The van der Waals surface area contributed by atoms with Crippen LogP contribution in [0.1, 0.15) is 25.0 Å². The molecule has 2 unspecified atom stereocenters. The largest absolute Gasteiger partial charge is 0.474 e. The minimum atomic E-state index is -0.218. The van der Waals surface area contributed by atoms with Crippen LogP contribution in [-0.2, 0) is 13.1 Å². The lowest BCUT2D eigenvalue weighted by Crippen LogP contribution is -2.60. The van der Waals surface area contributed by atoms with Crippen LogP contribution in [-0.4, -0.2) is 36.4 Å². The van der Waals surface area contributed by atoms with Gasteiger partial charge in [-0.2, -0.15) is 0 Å². The van der Waals surface area contributed by atoms with Gasteiger partial charge in [-0.1, -0.05) is 36.4 Å². The van der Waals surface area contributed by atoms with Gasteiger partial charge >= 0.3 is 0 Å². The van der Waals surface area contributed by atoms with E-state index in [1.165, 1.54) is 11.1 Å². The number of fused-ring (bicyclic) bond motifs is 2. The number of hydrogen-bond acceptors (Lipinski definition) is 4. The van der Waals surface area contributed by atoms with Gasteiger partial charge in [-0.05, 0) is 40.1 Å². The summed E-state index contributed by atoms with van der Waals surface area (Å²) >= 11 is 0. The Kier molecular flexibility index (Phi) is 3.97. The Morgan fingerprint density at radius 3 is 1.60 bits per heavy atom. The molecule has 0 fully saturated rings. The monoisotopic (exact) mass is 338 g/mol. The quantitative estimate of drug-likeness (QED) is 0.833. The fourth-order valence-electron chi connectivity index (χ4n) is 4.18. The van der Waals surface area contributed by atoms with E-state index in [1.807, 2.05) is 12.1 Å². The first-order valence-electron chi connectivity index (χ1n) is 8.86. The van der Waals surface area contributed by atoms with Gasteiger partial charge in [0, 0.05) is 24.2 Å². The number of nitrogens with zero attached hydrogens (tertiary/aromatic N) is 2. The van der Waals surface area contributed by atoms with Crippen molar-refractivity contribution in [2.24, 2.45) is 5.41 Å². The van der Waals surface area contributed by atoms with Crippen LogP contribution in [0, 0.1) is 5.41 Å². The third-order valence-corrected chi connectivity index (χ3v) is 5.34. The van der Waals surface area contributed by atoms with Crippen molar-refractivity contribution in [3.8, 4) is 11.5 Å². The lowest BCUT2D eigenvalue weighted by molar-refractivity contribution is -0.157. The molecule has 2 aliphatic rings. The molecule has 0 aromatic heterocycles. The molecule has 0 saturated carbocycles. The van der Waals surface area contributed by atoms with Crippen molar-refractivity contribution in [3.63, 3.8) is 0 Å². The van der Waals surface area contributed by atoms with Crippen LogP contribution in [0.5, 0.6) is 11.5 Å². The van der Waals surface area contributed by atoms with Crippen LogP contribution >= 0.6 is 0 Å². The minimum Gasteiger partial charge on any atom is -0.474 e. The maximum absolute atomic E-state index is 6.42. The highest BCUT2D eigenvalue weighted by atomic mass is 16.5. The molecule has 4 heteroatoms. The summed E-state index contributed by atoms with van der Waals surface area (Å²) in [7, 11) is 4.25. The van der Waals surface area contributed by atoms with Crippen molar-refractivity contribution in [1.82, 2.24) is 9.80 Å². The third kappa shape index (κ3) is 2.79. The molecule has 2 atom stereocenters. The second-order valence-corrected chi connectivity index (χ2v) is 7.81. The molecule has 132 valence electrons. The van der Waals surface area contributed by atoms with Gasteiger partial charge in [-0.3, -0.25) is 9.80 Å². The molecule has 2 aromatic carbocycles. The molecule has 2 aromatic rings. The zero-order valence-corrected chi connectivity index (χ0v) is 15.4. The first-order valence-corrected chi connectivity index (χ1v) is 8.86. The molecule has 2 heterocycles. The Bertz CT molecular complexity index is 710. The van der Waals surface area contributed by atoms with Crippen LogP contribution < -0.4 is 9.47 Å². The maximum Gasteiger partial charge on any atom is 0.162 e. The number of rotatable bonds is 2. The highest BCUT2D eigenvalue weighted by Gasteiger charge is 2.47. The summed E-state index contributed by atoms with van der Waals surface area (Å²) in [5.74, 6) is 1.97. The lowest BCUT2D eigenvalue weighted by atomic mass is 9.85. The van der Waals surface area contributed by atoms with E-state index in [-0.39, 0.29) is 17.9 Å². The third-order valence-electron chi connectivity index (χ3n) is 5.34. The molecule has 0 radical (unpaired) electrons. The summed E-state index contributed by atoms with van der Waals surface area (Å²) in [4.78, 5) is 4.56. The molecule has 25 heavy (non-hydrogen) atoms. The van der Waals surface area contributed by atoms with Crippen molar-refractivity contribution in [1.29, 1.82) is 0 Å². The van der Waals surface area contributed by atoms with Crippen molar-refractivity contribution in [3.05, 3.63) is 59.7 Å². The molecule has 0 N–H and O–H groups in total. The van der Waals surface area contributed by atoms with Gasteiger partial charge in [0.05, 0.1) is 5.41 Å². The van der Waals surface area contributed by atoms with E-state index >= 15 is 0 Å². The predicted octanol–water partition coefficient (Wildman–Crippen LogP) is 3.71. The maximum atomic E-state index is 6.42. The normalized spacial score (nSPS) is 24.0. The summed E-state index contributed by atoms with van der Waals surface area (Å²) in [5.41, 5.74) is 2.26. The van der Waals surface area contributed by atoms with E-state index in [2.05, 4.69) is 74.1 Å². The number of hydrogen-bond donors (Lipinski definition) is 0. The Labute approximate surface area is 150 Å². The van der Waals surface area contributed by atoms with Gasteiger partial charge in [-0.25, -0.2) is 0 Å². The fraction of sp³-hybridized carbons (Fsp3) is 0.429. The summed E-state index contributed by atoms with van der Waals surface area (Å²) in [6.45, 7) is 6.24. The first kappa shape index (κ1) is 16.4. The average Bonchev–Trinajstić information content (AvgIpc) is 2.60. The van der Waals surface area contributed by atoms with Crippen molar-refractivity contribution in [2.45, 2.75) is 39.4 Å². The summed E-state index contributed by atoms with van der Waals surface area (Å²) in [5, 5.41) is 0. The fourth-order valence-corrected chi connectivity index (χ4v) is 4.18. The van der Waals surface area contributed by atoms with Crippen LogP contribution in [0.2, 0.25) is 0 Å². The van der Waals surface area contributed by atoms with Crippen molar-refractivity contribution < 1.29 is 9.47 Å². The number of para-hydroxylation sites is 2. The van der Waals surface area contributed by atoms with E-state index in [0.29, 0.717) is 0 Å². The van der Waals surface area contributed by atoms with Crippen LogP contribution in [0.3, 0.4) is 0 Å². The minimum absolute atomic E-state index is 0.0555. The van der Waals surface area contributed by atoms with Gasteiger partial charge in [0.1, 0.15) is 11.5 Å². The molecule has 4 rings (SSSR count).